The van der Waals surface area contributed by atoms with Gasteiger partial charge in [0.2, 0.25) is 0 Å². The molecule has 86 valence electrons. The minimum absolute atomic E-state index is 1.15. The first-order valence-electron chi connectivity index (χ1n) is 5.50. The van der Waals surface area contributed by atoms with Crippen LogP contribution in [0.2, 0.25) is 0 Å². The van der Waals surface area contributed by atoms with Crippen LogP contribution in [-0.4, -0.2) is 7.05 Å². The smallest absolute Gasteiger partial charge is 0.0411 e. The Bertz CT molecular complexity index is 515. The molecule has 0 radical (unpaired) electrons. The molecule has 0 aliphatic carbocycles. The van der Waals surface area contributed by atoms with Crippen molar-refractivity contribution >= 4 is 40.4 Å². The van der Waals surface area contributed by atoms with Crippen molar-refractivity contribution < 1.29 is 0 Å². The Hall–Kier alpha value is -1.29. The molecule has 0 bridgehead atoms. The van der Waals surface area contributed by atoms with Crippen molar-refractivity contribution in [1.29, 1.82) is 0 Å². The van der Waals surface area contributed by atoms with E-state index in [1.54, 1.807) is 0 Å². The topological polar surface area (TPSA) is 12.0 Å². The number of hydrogen-bond acceptors (Lipinski definition) is 1. The Morgan fingerprint density at radius 3 is 2.35 bits per heavy atom. The number of nitrogens with one attached hydrogen (secondary N) is 1. The summed E-state index contributed by atoms with van der Waals surface area (Å²) in [6, 6.07) is 16.8. The molecule has 0 spiro atoms. The lowest BCUT2D eigenvalue weighted by Crippen LogP contribution is -1.90. The van der Waals surface area contributed by atoms with Crippen molar-refractivity contribution in [3.05, 3.63) is 63.2 Å². The first-order chi connectivity index (χ1) is 8.29. The molecule has 0 aliphatic heterocycles. The largest absolute Gasteiger partial charge is 0.388 e. The lowest BCUT2D eigenvalue weighted by atomic mass is 10.1. The van der Waals surface area contributed by atoms with Crippen molar-refractivity contribution in [2.45, 2.75) is 0 Å². The van der Waals surface area contributed by atoms with E-state index in [0.717, 1.165) is 5.69 Å². The number of para-hydroxylation sites is 1. The number of anilines is 1. The quantitative estimate of drug-likeness (QED) is 0.643. The van der Waals surface area contributed by atoms with Gasteiger partial charge in [-0.3, -0.25) is 0 Å². The van der Waals surface area contributed by atoms with E-state index in [-0.39, 0.29) is 0 Å². The second kappa shape index (κ2) is 5.87. The highest BCUT2D eigenvalue weighted by molar-refractivity contribution is 14.1. The van der Waals surface area contributed by atoms with Gasteiger partial charge in [0.25, 0.3) is 0 Å². The molecule has 0 saturated heterocycles. The summed E-state index contributed by atoms with van der Waals surface area (Å²) in [7, 11) is 1.94. The Kier molecular flexibility index (Phi) is 4.20. The van der Waals surface area contributed by atoms with Crippen molar-refractivity contribution in [3.8, 4) is 0 Å². The van der Waals surface area contributed by atoms with Crippen molar-refractivity contribution in [1.82, 2.24) is 0 Å². The molecule has 2 rings (SSSR count). The van der Waals surface area contributed by atoms with Gasteiger partial charge in [0, 0.05) is 16.3 Å². The zero-order chi connectivity index (χ0) is 12.1. The van der Waals surface area contributed by atoms with Crippen LogP contribution in [0.4, 0.5) is 5.69 Å². The molecule has 0 unspecified atom stereocenters. The Balaban J connectivity index is 2.22. The third kappa shape index (κ3) is 3.33. The van der Waals surface area contributed by atoms with Crippen LogP contribution in [0.5, 0.6) is 0 Å². The fraction of sp³-hybridized carbons (Fsp3) is 0.0667. The summed E-state index contributed by atoms with van der Waals surface area (Å²) in [5.74, 6) is 0. The second-order valence-corrected chi connectivity index (χ2v) is 4.97. The molecular weight excluding hydrogens is 321 g/mol. The van der Waals surface area contributed by atoms with Gasteiger partial charge in [-0.05, 0) is 51.9 Å². The molecule has 0 atom stereocenters. The average Bonchev–Trinajstić information content (AvgIpc) is 2.38. The number of benzene rings is 2. The van der Waals surface area contributed by atoms with Crippen LogP contribution in [0.1, 0.15) is 11.1 Å². The van der Waals surface area contributed by atoms with E-state index < -0.39 is 0 Å². The number of halogens is 1. The number of rotatable bonds is 3. The molecule has 2 heteroatoms. The summed E-state index contributed by atoms with van der Waals surface area (Å²) in [6.07, 6.45) is 4.26. The Morgan fingerprint density at radius 2 is 1.65 bits per heavy atom. The van der Waals surface area contributed by atoms with Crippen molar-refractivity contribution in [2.75, 3.05) is 12.4 Å². The summed E-state index contributed by atoms with van der Waals surface area (Å²) in [6.45, 7) is 0. The van der Waals surface area contributed by atoms with Gasteiger partial charge in [-0.15, -0.1) is 0 Å². The van der Waals surface area contributed by atoms with E-state index in [1.165, 1.54) is 14.7 Å². The normalized spacial score (nSPS) is 10.7. The van der Waals surface area contributed by atoms with E-state index in [1.807, 2.05) is 13.1 Å². The maximum absolute atomic E-state index is 3.19. The van der Waals surface area contributed by atoms with Gasteiger partial charge in [0.05, 0.1) is 0 Å². The molecule has 0 aliphatic rings. The van der Waals surface area contributed by atoms with E-state index in [4.69, 9.17) is 0 Å². The fourth-order valence-corrected chi connectivity index (χ4v) is 1.99. The van der Waals surface area contributed by atoms with Crippen LogP contribution in [0.25, 0.3) is 12.2 Å². The molecule has 17 heavy (non-hydrogen) atoms. The van der Waals surface area contributed by atoms with Crippen molar-refractivity contribution in [3.63, 3.8) is 0 Å². The zero-order valence-electron chi connectivity index (χ0n) is 9.65. The first-order valence-corrected chi connectivity index (χ1v) is 6.58. The van der Waals surface area contributed by atoms with Crippen LogP contribution in [-0.2, 0) is 0 Å². The predicted molar refractivity (Wildman–Crippen MR) is 84.1 cm³/mol. The standard InChI is InChI=1S/C15H14IN/c1-17-15-5-3-2-4-13(15)9-6-12-7-10-14(16)11-8-12/h2-11,17H,1H3. The van der Waals surface area contributed by atoms with Gasteiger partial charge in [-0.2, -0.15) is 0 Å². The number of hydrogen-bond donors (Lipinski definition) is 1. The molecule has 0 amide bonds. The maximum atomic E-state index is 3.19. The van der Waals surface area contributed by atoms with E-state index in [0.29, 0.717) is 0 Å². The van der Waals surface area contributed by atoms with Crippen LogP contribution in [0.3, 0.4) is 0 Å². The van der Waals surface area contributed by atoms with Crippen LogP contribution in [0.15, 0.2) is 48.5 Å². The minimum Gasteiger partial charge on any atom is -0.388 e. The van der Waals surface area contributed by atoms with E-state index >= 15 is 0 Å². The SMILES string of the molecule is CNc1ccccc1C=Cc1ccc(I)cc1. The highest BCUT2D eigenvalue weighted by atomic mass is 127. The molecule has 0 aromatic heterocycles. The lowest BCUT2D eigenvalue weighted by molar-refractivity contribution is 1.49. The summed E-state index contributed by atoms with van der Waals surface area (Å²) in [5, 5.41) is 3.19. The Morgan fingerprint density at radius 1 is 0.941 bits per heavy atom. The van der Waals surface area contributed by atoms with Gasteiger partial charge in [-0.25, -0.2) is 0 Å². The fourth-order valence-electron chi connectivity index (χ4n) is 1.63. The third-order valence-electron chi connectivity index (χ3n) is 2.56. The summed E-state index contributed by atoms with van der Waals surface area (Å²) >= 11 is 2.31. The molecule has 1 nitrogen and oxygen atoms in total. The third-order valence-corrected chi connectivity index (χ3v) is 3.27. The maximum Gasteiger partial charge on any atom is 0.0411 e. The summed E-state index contributed by atoms with van der Waals surface area (Å²) in [4.78, 5) is 0. The average molecular weight is 335 g/mol. The lowest BCUT2D eigenvalue weighted by Gasteiger charge is -2.04. The highest BCUT2D eigenvalue weighted by Crippen LogP contribution is 2.17. The van der Waals surface area contributed by atoms with Crippen LogP contribution >= 0.6 is 22.6 Å². The van der Waals surface area contributed by atoms with Crippen LogP contribution < -0.4 is 5.32 Å². The highest BCUT2D eigenvalue weighted by Gasteiger charge is 1.94. The van der Waals surface area contributed by atoms with E-state index in [2.05, 4.69) is 82.5 Å². The molecule has 2 aromatic rings. The molecular formula is C15H14IN. The predicted octanol–water partition coefficient (Wildman–Crippen LogP) is 4.50. The van der Waals surface area contributed by atoms with Gasteiger partial charge >= 0.3 is 0 Å². The van der Waals surface area contributed by atoms with Gasteiger partial charge in [-0.1, -0.05) is 42.5 Å². The van der Waals surface area contributed by atoms with E-state index in [9.17, 15) is 0 Å². The second-order valence-electron chi connectivity index (χ2n) is 3.72. The molecule has 0 heterocycles. The molecule has 2 aromatic carbocycles. The first kappa shape index (κ1) is 12.2. The summed E-state index contributed by atoms with van der Waals surface area (Å²) in [5.41, 5.74) is 3.57. The molecule has 1 N–H and O–H groups in total. The Labute approximate surface area is 116 Å². The van der Waals surface area contributed by atoms with Gasteiger partial charge in [0.15, 0.2) is 0 Å². The molecule has 0 fully saturated rings. The van der Waals surface area contributed by atoms with Gasteiger partial charge in [0.1, 0.15) is 0 Å². The minimum atomic E-state index is 1.15. The van der Waals surface area contributed by atoms with Crippen molar-refractivity contribution in [2.24, 2.45) is 0 Å². The monoisotopic (exact) mass is 335 g/mol. The molecule has 0 saturated carbocycles. The summed E-state index contributed by atoms with van der Waals surface area (Å²) < 4.78 is 1.26. The van der Waals surface area contributed by atoms with Gasteiger partial charge < -0.3 is 5.32 Å². The zero-order valence-corrected chi connectivity index (χ0v) is 11.8. The van der Waals surface area contributed by atoms with Crippen LogP contribution in [0, 0.1) is 3.57 Å².